The van der Waals surface area contributed by atoms with Crippen LogP contribution in [0.25, 0.3) is 0 Å². The summed E-state index contributed by atoms with van der Waals surface area (Å²) in [6.45, 7) is 5.77. The van der Waals surface area contributed by atoms with Crippen LogP contribution < -0.4 is 4.90 Å². The molecule has 0 aromatic heterocycles. The van der Waals surface area contributed by atoms with Crippen LogP contribution in [0.4, 0.5) is 14.5 Å². The van der Waals surface area contributed by atoms with Gasteiger partial charge in [-0.15, -0.1) is 0 Å². The molecule has 0 heterocycles. The maximum atomic E-state index is 13.0. The van der Waals surface area contributed by atoms with E-state index in [0.717, 1.165) is 32.0 Å². The number of hydrogen-bond acceptors (Lipinski definition) is 1. The Labute approximate surface area is 89.7 Å². The Hall–Kier alpha value is -1.12. The number of nitrogens with zero attached hydrogens (tertiary/aromatic N) is 1. The zero-order valence-corrected chi connectivity index (χ0v) is 9.26. The largest absolute Gasteiger partial charge is 0.371 e. The molecule has 1 rings (SSSR count). The summed E-state index contributed by atoms with van der Waals surface area (Å²) in [6, 6.07) is 3.67. The van der Waals surface area contributed by atoms with E-state index in [4.69, 9.17) is 0 Å². The standard InChI is InChI=1S/C12H17F2N/c1-3-5-15(6-4-2)12-8-10(13)7-11(14)9-12/h7-9H,3-6H2,1-2H3. The Balaban J connectivity index is 2.88. The van der Waals surface area contributed by atoms with Crippen molar-refractivity contribution in [3.63, 3.8) is 0 Å². The molecule has 0 atom stereocenters. The van der Waals surface area contributed by atoms with Crippen LogP contribution in [-0.2, 0) is 0 Å². The van der Waals surface area contributed by atoms with Crippen molar-refractivity contribution in [2.24, 2.45) is 0 Å². The predicted octanol–water partition coefficient (Wildman–Crippen LogP) is 3.59. The van der Waals surface area contributed by atoms with E-state index >= 15 is 0 Å². The molecular formula is C12H17F2N. The van der Waals surface area contributed by atoms with Crippen LogP contribution in [0.3, 0.4) is 0 Å². The number of benzene rings is 1. The maximum absolute atomic E-state index is 13.0. The van der Waals surface area contributed by atoms with Crippen molar-refractivity contribution in [3.05, 3.63) is 29.8 Å². The van der Waals surface area contributed by atoms with Gasteiger partial charge in [0.2, 0.25) is 0 Å². The Morgan fingerprint density at radius 1 is 0.933 bits per heavy atom. The average molecular weight is 213 g/mol. The normalized spacial score (nSPS) is 10.4. The fraction of sp³-hybridized carbons (Fsp3) is 0.500. The van der Waals surface area contributed by atoms with E-state index in [-0.39, 0.29) is 0 Å². The first kappa shape index (κ1) is 12.0. The topological polar surface area (TPSA) is 3.24 Å². The van der Waals surface area contributed by atoms with Crippen LogP contribution in [0.5, 0.6) is 0 Å². The van der Waals surface area contributed by atoms with Gasteiger partial charge in [-0.25, -0.2) is 8.78 Å². The zero-order chi connectivity index (χ0) is 11.3. The van der Waals surface area contributed by atoms with Crippen LogP contribution in [0.1, 0.15) is 26.7 Å². The summed E-state index contributed by atoms with van der Waals surface area (Å²) in [4.78, 5) is 2.01. The zero-order valence-electron chi connectivity index (χ0n) is 9.26. The van der Waals surface area contributed by atoms with Crippen molar-refractivity contribution < 1.29 is 8.78 Å². The summed E-state index contributed by atoms with van der Waals surface area (Å²) in [7, 11) is 0. The highest BCUT2D eigenvalue weighted by molar-refractivity contribution is 5.46. The van der Waals surface area contributed by atoms with E-state index in [1.54, 1.807) is 0 Å². The summed E-state index contributed by atoms with van der Waals surface area (Å²) in [5.41, 5.74) is 0.635. The molecular weight excluding hydrogens is 196 g/mol. The second-order valence-corrected chi connectivity index (χ2v) is 3.61. The van der Waals surface area contributed by atoms with Crippen molar-refractivity contribution in [1.29, 1.82) is 0 Å². The fourth-order valence-electron chi connectivity index (χ4n) is 1.63. The molecule has 0 fully saturated rings. The molecule has 0 saturated heterocycles. The van der Waals surface area contributed by atoms with E-state index in [9.17, 15) is 8.78 Å². The highest BCUT2D eigenvalue weighted by Crippen LogP contribution is 2.18. The lowest BCUT2D eigenvalue weighted by molar-refractivity contribution is 0.581. The molecule has 84 valence electrons. The van der Waals surface area contributed by atoms with Crippen LogP contribution in [0.2, 0.25) is 0 Å². The van der Waals surface area contributed by atoms with Gasteiger partial charge in [-0.05, 0) is 25.0 Å². The Bertz CT molecular complexity index is 286. The van der Waals surface area contributed by atoms with E-state index in [0.29, 0.717) is 5.69 Å². The van der Waals surface area contributed by atoms with Gasteiger partial charge in [-0.1, -0.05) is 13.8 Å². The molecule has 0 radical (unpaired) electrons. The number of hydrogen-bond donors (Lipinski definition) is 0. The van der Waals surface area contributed by atoms with Gasteiger partial charge >= 0.3 is 0 Å². The first-order valence-electron chi connectivity index (χ1n) is 5.38. The van der Waals surface area contributed by atoms with Gasteiger partial charge in [0.1, 0.15) is 11.6 Å². The van der Waals surface area contributed by atoms with Crippen molar-refractivity contribution in [3.8, 4) is 0 Å². The van der Waals surface area contributed by atoms with Gasteiger partial charge in [0.25, 0.3) is 0 Å². The third kappa shape index (κ3) is 3.50. The molecule has 0 saturated carbocycles. The lowest BCUT2D eigenvalue weighted by Crippen LogP contribution is -2.25. The van der Waals surface area contributed by atoms with Gasteiger partial charge in [0.15, 0.2) is 0 Å². The van der Waals surface area contributed by atoms with E-state index in [1.807, 2.05) is 4.90 Å². The van der Waals surface area contributed by atoms with Crippen molar-refractivity contribution in [2.45, 2.75) is 26.7 Å². The van der Waals surface area contributed by atoms with Crippen LogP contribution >= 0.6 is 0 Å². The lowest BCUT2D eigenvalue weighted by atomic mass is 10.2. The van der Waals surface area contributed by atoms with Crippen LogP contribution in [-0.4, -0.2) is 13.1 Å². The van der Waals surface area contributed by atoms with Crippen molar-refractivity contribution >= 4 is 5.69 Å². The summed E-state index contributed by atoms with van der Waals surface area (Å²) in [5, 5.41) is 0. The molecule has 0 bridgehead atoms. The molecule has 1 aromatic rings. The molecule has 1 nitrogen and oxygen atoms in total. The summed E-state index contributed by atoms with van der Waals surface area (Å²) < 4.78 is 26.0. The highest BCUT2D eigenvalue weighted by atomic mass is 19.1. The van der Waals surface area contributed by atoms with E-state index < -0.39 is 11.6 Å². The molecule has 3 heteroatoms. The molecule has 0 spiro atoms. The summed E-state index contributed by atoms with van der Waals surface area (Å²) in [6.07, 6.45) is 1.94. The van der Waals surface area contributed by atoms with E-state index in [2.05, 4.69) is 13.8 Å². The molecule has 15 heavy (non-hydrogen) atoms. The minimum atomic E-state index is -0.512. The number of rotatable bonds is 5. The Morgan fingerprint density at radius 3 is 1.80 bits per heavy atom. The highest BCUT2D eigenvalue weighted by Gasteiger charge is 2.07. The van der Waals surface area contributed by atoms with Gasteiger partial charge in [0, 0.05) is 24.8 Å². The molecule has 1 aromatic carbocycles. The molecule has 0 amide bonds. The molecule has 0 aliphatic rings. The second-order valence-electron chi connectivity index (χ2n) is 3.61. The number of anilines is 1. The SMILES string of the molecule is CCCN(CCC)c1cc(F)cc(F)c1. The number of halogens is 2. The smallest absolute Gasteiger partial charge is 0.128 e. The van der Waals surface area contributed by atoms with Crippen molar-refractivity contribution in [1.82, 2.24) is 0 Å². The monoisotopic (exact) mass is 213 g/mol. The lowest BCUT2D eigenvalue weighted by Gasteiger charge is -2.23. The van der Waals surface area contributed by atoms with Crippen LogP contribution in [0.15, 0.2) is 18.2 Å². The molecule has 0 aliphatic carbocycles. The Kier molecular flexibility index (Phi) is 4.53. The minimum Gasteiger partial charge on any atom is -0.371 e. The average Bonchev–Trinajstić information content (AvgIpc) is 2.16. The van der Waals surface area contributed by atoms with Gasteiger partial charge in [0.05, 0.1) is 0 Å². The maximum Gasteiger partial charge on any atom is 0.128 e. The quantitative estimate of drug-likeness (QED) is 0.722. The Morgan fingerprint density at radius 2 is 1.40 bits per heavy atom. The fourth-order valence-corrected chi connectivity index (χ4v) is 1.63. The first-order valence-corrected chi connectivity index (χ1v) is 5.38. The molecule has 0 N–H and O–H groups in total. The summed E-state index contributed by atoms with van der Waals surface area (Å²) in [5.74, 6) is -1.02. The van der Waals surface area contributed by atoms with E-state index in [1.165, 1.54) is 12.1 Å². The predicted molar refractivity (Wildman–Crippen MR) is 59.2 cm³/mol. The summed E-state index contributed by atoms with van der Waals surface area (Å²) >= 11 is 0. The third-order valence-electron chi connectivity index (χ3n) is 2.20. The first-order chi connectivity index (χ1) is 7.17. The van der Waals surface area contributed by atoms with Gasteiger partial charge in [-0.2, -0.15) is 0 Å². The van der Waals surface area contributed by atoms with Crippen LogP contribution in [0, 0.1) is 11.6 Å². The minimum absolute atomic E-state index is 0.512. The molecule has 0 aliphatic heterocycles. The van der Waals surface area contributed by atoms with Gasteiger partial charge < -0.3 is 4.90 Å². The molecule has 0 unspecified atom stereocenters. The van der Waals surface area contributed by atoms with Gasteiger partial charge in [-0.3, -0.25) is 0 Å². The van der Waals surface area contributed by atoms with Crippen molar-refractivity contribution in [2.75, 3.05) is 18.0 Å². The second kappa shape index (κ2) is 5.69. The third-order valence-corrected chi connectivity index (χ3v) is 2.20.